The summed E-state index contributed by atoms with van der Waals surface area (Å²) in [6, 6.07) is 8.00. The van der Waals surface area contributed by atoms with Gasteiger partial charge in [-0.05, 0) is 73.6 Å². The second-order valence-corrected chi connectivity index (χ2v) is 6.75. The van der Waals surface area contributed by atoms with Gasteiger partial charge in [0.1, 0.15) is 11.5 Å². The van der Waals surface area contributed by atoms with Gasteiger partial charge in [0, 0.05) is 6.54 Å². The van der Waals surface area contributed by atoms with Crippen LogP contribution in [0.15, 0.2) is 30.3 Å². The lowest BCUT2D eigenvalue weighted by Crippen LogP contribution is -2.47. The molecule has 0 aromatic heterocycles. The van der Waals surface area contributed by atoms with Crippen LogP contribution in [0.5, 0.6) is 11.5 Å². The van der Waals surface area contributed by atoms with Crippen LogP contribution in [0.2, 0.25) is 0 Å². The van der Waals surface area contributed by atoms with E-state index in [0.29, 0.717) is 18.7 Å². The molecule has 25 heavy (non-hydrogen) atoms. The van der Waals surface area contributed by atoms with Gasteiger partial charge >= 0.3 is 0 Å². The molecule has 5 nitrogen and oxygen atoms in total. The summed E-state index contributed by atoms with van der Waals surface area (Å²) in [5.41, 5.74) is 10.6. The maximum Gasteiger partial charge on any atom is 0.244 e. The van der Waals surface area contributed by atoms with Crippen LogP contribution in [0.3, 0.4) is 0 Å². The molecule has 2 aromatic carbocycles. The van der Waals surface area contributed by atoms with Crippen LogP contribution in [-0.4, -0.2) is 28.7 Å². The van der Waals surface area contributed by atoms with E-state index in [2.05, 4.69) is 0 Å². The summed E-state index contributed by atoms with van der Waals surface area (Å²) in [6.45, 7) is 4.37. The smallest absolute Gasteiger partial charge is 0.244 e. The molecular formula is C20H24N2O3. The van der Waals surface area contributed by atoms with E-state index in [0.717, 1.165) is 35.1 Å². The molecule has 2 aromatic rings. The van der Waals surface area contributed by atoms with Gasteiger partial charge in [-0.1, -0.05) is 12.1 Å². The number of aromatic hydroxyl groups is 2. The van der Waals surface area contributed by atoms with Crippen LogP contribution in [0.4, 0.5) is 5.69 Å². The van der Waals surface area contributed by atoms with Crippen LogP contribution in [-0.2, 0) is 17.6 Å². The first-order chi connectivity index (χ1) is 11.9. The van der Waals surface area contributed by atoms with Gasteiger partial charge in [0.2, 0.25) is 5.91 Å². The number of amides is 1. The Morgan fingerprint density at radius 3 is 2.60 bits per heavy atom. The fourth-order valence-corrected chi connectivity index (χ4v) is 3.65. The molecule has 0 saturated carbocycles. The van der Waals surface area contributed by atoms with Crippen molar-refractivity contribution in [3.8, 4) is 11.5 Å². The molecule has 5 heteroatoms. The molecule has 1 amide bonds. The van der Waals surface area contributed by atoms with Gasteiger partial charge < -0.3 is 20.8 Å². The zero-order valence-corrected chi connectivity index (χ0v) is 14.6. The SMILES string of the molecule is Cc1cc(O)cc(C)c1C[C@H](N)C(=O)N1CCCc2cccc(O)c21. The van der Waals surface area contributed by atoms with E-state index >= 15 is 0 Å². The molecule has 0 saturated heterocycles. The largest absolute Gasteiger partial charge is 0.508 e. The molecule has 3 rings (SSSR count). The van der Waals surface area contributed by atoms with E-state index in [1.54, 1.807) is 29.2 Å². The molecule has 0 radical (unpaired) electrons. The van der Waals surface area contributed by atoms with Crippen molar-refractivity contribution in [1.29, 1.82) is 0 Å². The molecular weight excluding hydrogens is 316 g/mol. The van der Waals surface area contributed by atoms with Crippen molar-refractivity contribution in [3.05, 3.63) is 52.6 Å². The maximum atomic E-state index is 12.9. The average Bonchev–Trinajstić information content (AvgIpc) is 2.57. The van der Waals surface area contributed by atoms with Crippen LogP contribution < -0.4 is 10.6 Å². The molecule has 1 atom stereocenters. The highest BCUT2D eigenvalue weighted by Gasteiger charge is 2.29. The highest BCUT2D eigenvalue weighted by Crippen LogP contribution is 2.35. The molecule has 132 valence electrons. The van der Waals surface area contributed by atoms with Gasteiger partial charge in [-0.2, -0.15) is 0 Å². The summed E-state index contributed by atoms with van der Waals surface area (Å²) in [6.07, 6.45) is 2.10. The van der Waals surface area contributed by atoms with Gasteiger partial charge in [0.25, 0.3) is 0 Å². The van der Waals surface area contributed by atoms with E-state index in [-0.39, 0.29) is 17.4 Å². The number of rotatable bonds is 3. The zero-order valence-electron chi connectivity index (χ0n) is 14.6. The number of hydrogen-bond donors (Lipinski definition) is 3. The molecule has 0 unspecified atom stereocenters. The highest BCUT2D eigenvalue weighted by molar-refractivity contribution is 5.99. The highest BCUT2D eigenvalue weighted by atomic mass is 16.3. The molecule has 0 bridgehead atoms. The van der Waals surface area contributed by atoms with Crippen LogP contribution in [0.25, 0.3) is 0 Å². The summed E-state index contributed by atoms with van der Waals surface area (Å²) >= 11 is 0. The molecule has 1 heterocycles. The van der Waals surface area contributed by atoms with Gasteiger partial charge in [0.05, 0.1) is 11.7 Å². The van der Waals surface area contributed by atoms with Crippen molar-refractivity contribution in [3.63, 3.8) is 0 Å². The second-order valence-electron chi connectivity index (χ2n) is 6.75. The van der Waals surface area contributed by atoms with E-state index in [1.807, 2.05) is 19.9 Å². The number of carbonyl (C=O) groups is 1. The third kappa shape index (κ3) is 3.33. The Morgan fingerprint density at radius 1 is 1.24 bits per heavy atom. The first-order valence-electron chi connectivity index (χ1n) is 8.55. The Balaban J connectivity index is 1.86. The number of fused-ring (bicyclic) bond motifs is 1. The Bertz CT molecular complexity index is 794. The van der Waals surface area contributed by atoms with Crippen molar-refractivity contribution >= 4 is 11.6 Å². The summed E-state index contributed by atoms with van der Waals surface area (Å²) in [5, 5.41) is 19.9. The lowest BCUT2D eigenvalue weighted by atomic mass is 9.94. The van der Waals surface area contributed by atoms with Gasteiger partial charge in [-0.25, -0.2) is 0 Å². The number of hydrogen-bond acceptors (Lipinski definition) is 4. The lowest BCUT2D eigenvalue weighted by Gasteiger charge is -2.32. The maximum absolute atomic E-state index is 12.9. The summed E-state index contributed by atoms with van der Waals surface area (Å²) < 4.78 is 0. The number of carbonyl (C=O) groups excluding carboxylic acids is 1. The van der Waals surface area contributed by atoms with E-state index in [4.69, 9.17) is 5.73 Å². The zero-order chi connectivity index (χ0) is 18.1. The van der Waals surface area contributed by atoms with Gasteiger partial charge in [-0.15, -0.1) is 0 Å². The lowest BCUT2D eigenvalue weighted by molar-refractivity contribution is -0.119. The predicted octanol–water partition coefficient (Wildman–Crippen LogP) is 2.56. The number of nitrogens with zero attached hydrogens (tertiary/aromatic N) is 1. The summed E-state index contributed by atoms with van der Waals surface area (Å²) in [7, 11) is 0. The molecule has 0 fully saturated rings. The fraction of sp³-hybridized carbons (Fsp3) is 0.350. The average molecular weight is 340 g/mol. The number of aryl methyl sites for hydroxylation is 3. The molecule has 1 aliphatic heterocycles. The van der Waals surface area contributed by atoms with E-state index in [9.17, 15) is 15.0 Å². The minimum Gasteiger partial charge on any atom is -0.508 e. The number of phenols is 2. The minimum absolute atomic E-state index is 0.120. The molecule has 0 aliphatic carbocycles. The Morgan fingerprint density at radius 2 is 1.92 bits per heavy atom. The van der Waals surface area contributed by atoms with Crippen LogP contribution in [0.1, 0.15) is 28.7 Å². The van der Waals surface area contributed by atoms with Crippen LogP contribution >= 0.6 is 0 Å². The number of anilines is 1. The van der Waals surface area contributed by atoms with Crippen molar-refractivity contribution < 1.29 is 15.0 Å². The van der Waals surface area contributed by atoms with Gasteiger partial charge in [0.15, 0.2) is 0 Å². The minimum atomic E-state index is -0.701. The molecule has 0 spiro atoms. The molecule has 1 aliphatic rings. The second kappa shape index (κ2) is 6.76. The summed E-state index contributed by atoms with van der Waals surface area (Å²) in [4.78, 5) is 14.6. The Kier molecular flexibility index (Phi) is 4.68. The Hall–Kier alpha value is -2.53. The van der Waals surface area contributed by atoms with Crippen LogP contribution in [0, 0.1) is 13.8 Å². The van der Waals surface area contributed by atoms with Crippen molar-refractivity contribution in [2.75, 3.05) is 11.4 Å². The number of nitrogens with two attached hydrogens (primary N) is 1. The topological polar surface area (TPSA) is 86.8 Å². The third-order valence-electron chi connectivity index (χ3n) is 4.88. The Labute approximate surface area is 147 Å². The van der Waals surface area contributed by atoms with Crippen molar-refractivity contribution in [2.24, 2.45) is 5.73 Å². The quantitative estimate of drug-likeness (QED) is 0.801. The normalized spacial score (nSPS) is 14.9. The first kappa shape index (κ1) is 17.3. The first-order valence-corrected chi connectivity index (χ1v) is 8.55. The number of para-hydroxylation sites is 1. The number of benzene rings is 2. The van der Waals surface area contributed by atoms with Gasteiger partial charge in [-0.3, -0.25) is 4.79 Å². The third-order valence-corrected chi connectivity index (χ3v) is 4.88. The standard InChI is InChI=1S/C20H24N2O3/c1-12-9-15(23)10-13(2)16(12)11-17(21)20(25)22-8-4-6-14-5-3-7-18(24)19(14)22/h3,5,7,9-10,17,23-24H,4,6,8,11,21H2,1-2H3/t17-/m0/s1. The molecule has 4 N–H and O–H groups in total. The predicted molar refractivity (Wildman–Crippen MR) is 98.0 cm³/mol. The van der Waals surface area contributed by atoms with E-state index < -0.39 is 6.04 Å². The van der Waals surface area contributed by atoms with E-state index in [1.165, 1.54) is 0 Å². The summed E-state index contributed by atoms with van der Waals surface area (Å²) in [5.74, 6) is 0.151. The van der Waals surface area contributed by atoms with Crippen molar-refractivity contribution in [1.82, 2.24) is 0 Å². The number of phenolic OH excluding ortho intramolecular Hbond substituents is 2. The fourth-order valence-electron chi connectivity index (χ4n) is 3.65. The monoisotopic (exact) mass is 340 g/mol. The van der Waals surface area contributed by atoms with Crippen molar-refractivity contribution in [2.45, 2.75) is 39.2 Å².